The van der Waals surface area contributed by atoms with Crippen molar-refractivity contribution in [1.82, 2.24) is 20.2 Å². The van der Waals surface area contributed by atoms with Gasteiger partial charge in [0.1, 0.15) is 0 Å². The fourth-order valence-corrected chi connectivity index (χ4v) is 2.47. The zero-order valence-electron chi connectivity index (χ0n) is 10.5. The summed E-state index contributed by atoms with van der Waals surface area (Å²) in [6.45, 7) is 0. The molecular formula is C13H8Cl3N5. The molecule has 3 aromatic rings. The first kappa shape index (κ1) is 14.1. The van der Waals surface area contributed by atoms with Crippen LogP contribution >= 0.6 is 34.8 Å². The van der Waals surface area contributed by atoms with Crippen LogP contribution in [0, 0.1) is 0 Å². The Morgan fingerprint density at radius 3 is 2.48 bits per heavy atom. The van der Waals surface area contributed by atoms with E-state index in [1.54, 1.807) is 36.4 Å². The van der Waals surface area contributed by atoms with Crippen LogP contribution in [0.15, 0.2) is 36.4 Å². The molecule has 1 heterocycles. The number of aromatic nitrogens is 4. The Morgan fingerprint density at radius 1 is 0.952 bits per heavy atom. The van der Waals surface area contributed by atoms with Crippen LogP contribution in [0.25, 0.3) is 17.1 Å². The molecule has 21 heavy (non-hydrogen) atoms. The third kappa shape index (κ3) is 2.55. The highest BCUT2D eigenvalue weighted by Crippen LogP contribution is 2.33. The summed E-state index contributed by atoms with van der Waals surface area (Å²) in [4.78, 5) is 0. The van der Waals surface area contributed by atoms with E-state index in [0.29, 0.717) is 37.8 Å². The maximum atomic E-state index is 6.20. The summed E-state index contributed by atoms with van der Waals surface area (Å²) in [7, 11) is 0. The molecule has 8 heteroatoms. The molecule has 3 rings (SSSR count). The molecular weight excluding hydrogens is 333 g/mol. The SMILES string of the molecule is Nc1cccc(Cl)c1-c1nnnn1-c1ccc(Cl)c(Cl)c1. The normalized spacial score (nSPS) is 10.8. The number of nitrogen functional groups attached to an aromatic ring is 1. The molecule has 0 saturated heterocycles. The molecule has 0 amide bonds. The summed E-state index contributed by atoms with van der Waals surface area (Å²) in [5, 5.41) is 13.0. The van der Waals surface area contributed by atoms with E-state index in [9.17, 15) is 0 Å². The van der Waals surface area contributed by atoms with Gasteiger partial charge in [0.25, 0.3) is 0 Å². The molecule has 0 aliphatic carbocycles. The highest BCUT2D eigenvalue weighted by atomic mass is 35.5. The number of halogens is 3. The predicted octanol–water partition coefficient (Wildman–Crippen LogP) is 3.87. The number of nitrogens with zero attached hydrogens (tertiary/aromatic N) is 4. The average Bonchev–Trinajstić information content (AvgIpc) is 2.91. The van der Waals surface area contributed by atoms with Crippen molar-refractivity contribution >= 4 is 40.5 Å². The van der Waals surface area contributed by atoms with Gasteiger partial charge in [-0.05, 0) is 40.8 Å². The van der Waals surface area contributed by atoms with Crippen LogP contribution < -0.4 is 5.73 Å². The maximum Gasteiger partial charge on any atom is 0.190 e. The molecule has 1 aromatic heterocycles. The molecule has 106 valence electrons. The highest BCUT2D eigenvalue weighted by molar-refractivity contribution is 6.42. The fraction of sp³-hybridized carbons (Fsp3) is 0. The first-order valence-electron chi connectivity index (χ1n) is 5.86. The van der Waals surface area contributed by atoms with Gasteiger partial charge in [0, 0.05) is 5.69 Å². The van der Waals surface area contributed by atoms with Gasteiger partial charge in [-0.25, -0.2) is 0 Å². The van der Waals surface area contributed by atoms with Gasteiger partial charge in [0.15, 0.2) is 5.82 Å². The molecule has 0 fully saturated rings. The minimum atomic E-state index is 0.405. The first-order chi connectivity index (χ1) is 10.1. The number of tetrazole rings is 1. The van der Waals surface area contributed by atoms with Gasteiger partial charge in [0.2, 0.25) is 0 Å². The van der Waals surface area contributed by atoms with Gasteiger partial charge in [-0.15, -0.1) is 5.10 Å². The number of nitrogens with two attached hydrogens (primary N) is 1. The molecule has 0 saturated carbocycles. The largest absolute Gasteiger partial charge is 0.398 e. The third-order valence-corrected chi connectivity index (χ3v) is 3.94. The molecule has 0 spiro atoms. The van der Waals surface area contributed by atoms with Crippen molar-refractivity contribution in [2.75, 3.05) is 5.73 Å². The Morgan fingerprint density at radius 2 is 1.76 bits per heavy atom. The van der Waals surface area contributed by atoms with E-state index < -0.39 is 0 Å². The van der Waals surface area contributed by atoms with Crippen molar-refractivity contribution < 1.29 is 0 Å². The first-order valence-corrected chi connectivity index (χ1v) is 6.99. The van der Waals surface area contributed by atoms with Crippen molar-refractivity contribution in [2.24, 2.45) is 0 Å². The lowest BCUT2D eigenvalue weighted by molar-refractivity contribution is 0.791. The lowest BCUT2D eigenvalue weighted by atomic mass is 10.1. The van der Waals surface area contributed by atoms with E-state index in [1.165, 1.54) is 4.68 Å². The number of hydrogen-bond acceptors (Lipinski definition) is 4. The Labute approximate surface area is 135 Å². The fourth-order valence-electron chi connectivity index (χ4n) is 1.91. The van der Waals surface area contributed by atoms with Gasteiger partial charge in [-0.3, -0.25) is 0 Å². The maximum absolute atomic E-state index is 6.20. The summed E-state index contributed by atoms with van der Waals surface area (Å²) in [6, 6.07) is 10.3. The minimum absolute atomic E-state index is 0.405. The summed E-state index contributed by atoms with van der Waals surface area (Å²) in [6.07, 6.45) is 0. The zero-order valence-corrected chi connectivity index (χ0v) is 12.7. The molecule has 2 N–H and O–H groups in total. The lowest BCUT2D eigenvalue weighted by Crippen LogP contribution is -2.02. The Kier molecular flexibility index (Phi) is 3.71. The number of benzene rings is 2. The van der Waals surface area contributed by atoms with Crippen molar-refractivity contribution in [3.05, 3.63) is 51.5 Å². The topological polar surface area (TPSA) is 69.6 Å². The van der Waals surface area contributed by atoms with E-state index in [1.807, 2.05) is 0 Å². The van der Waals surface area contributed by atoms with Gasteiger partial charge in [0.05, 0.1) is 26.3 Å². The molecule has 0 radical (unpaired) electrons. The van der Waals surface area contributed by atoms with Gasteiger partial charge < -0.3 is 5.73 Å². The number of hydrogen-bond donors (Lipinski definition) is 1. The zero-order chi connectivity index (χ0) is 15.0. The van der Waals surface area contributed by atoms with Crippen LogP contribution in [-0.2, 0) is 0 Å². The summed E-state index contributed by atoms with van der Waals surface area (Å²) in [5.74, 6) is 0.427. The van der Waals surface area contributed by atoms with E-state index >= 15 is 0 Å². The Balaban J connectivity index is 2.20. The summed E-state index contributed by atoms with van der Waals surface area (Å²) < 4.78 is 1.50. The highest BCUT2D eigenvalue weighted by Gasteiger charge is 2.17. The van der Waals surface area contributed by atoms with Crippen molar-refractivity contribution in [3.63, 3.8) is 0 Å². The quantitative estimate of drug-likeness (QED) is 0.719. The minimum Gasteiger partial charge on any atom is -0.398 e. The standard InChI is InChI=1S/C13H8Cl3N5/c14-8-5-4-7(6-10(8)16)21-13(18-19-20-21)12-9(15)2-1-3-11(12)17/h1-6H,17H2. The van der Waals surface area contributed by atoms with E-state index in [-0.39, 0.29) is 0 Å². The summed E-state index contributed by atoms with van der Waals surface area (Å²) in [5.41, 5.74) is 7.68. The van der Waals surface area contributed by atoms with E-state index in [0.717, 1.165) is 0 Å². The van der Waals surface area contributed by atoms with Gasteiger partial charge in [-0.2, -0.15) is 4.68 Å². The van der Waals surface area contributed by atoms with Crippen LogP contribution in [0.3, 0.4) is 0 Å². The Bertz CT molecular complexity index is 795. The van der Waals surface area contributed by atoms with Crippen LogP contribution in [0.2, 0.25) is 15.1 Å². The van der Waals surface area contributed by atoms with Crippen LogP contribution in [0.4, 0.5) is 5.69 Å². The molecule has 0 aliphatic rings. The van der Waals surface area contributed by atoms with E-state index in [2.05, 4.69) is 15.5 Å². The predicted molar refractivity (Wildman–Crippen MR) is 84.0 cm³/mol. The van der Waals surface area contributed by atoms with E-state index in [4.69, 9.17) is 40.5 Å². The summed E-state index contributed by atoms with van der Waals surface area (Å²) >= 11 is 18.1. The average molecular weight is 341 g/mol. The molecule has 2 aromatic carbocycles. The second kappa shape index (κ2) is 5.52. The molecule has 5 nitrogen and oxygen atoms in total. The number of anilines is 1. The second-order valence-electron chi connectivity index (χ2n) is 4.22. The van der Waals surface area contributed by atoms with Crippen molar-refractivity contribution in [1.29, 1.82) is 0 Å². The molecule has 0 bridgehead atoms. The third-order valence-electron chi connectivity index (χ3n) is 2.89. The van der Waals surface area contributed by atoms with Crippen LogP contribution in [0.5, 0.6) is 0 Å². The Hall–Kier alpha value is -1.82. The monoisotopic (exact) mass is 339 g/mol. The lowest BCUT2D eigenvalue weighted by Gasteiger charge is -2.09. The second-order valence-corrected chi connectivity index (χ2v) is 5.44. The molecule has 0 unspecified atom stereocenters. The smallest absolute Gasteiger partial charge is 0.190 e. The molecule has 0 atom stereocenters. The molecule has 0 aliphatic heterocycles. The van der Waals surface area contributed by atoms with Gasteiger partial charge >= 0.3 is 0 Å². The van der Waals surface area contributed by atoms with Crippen LogP contribution in [0.1, 0.15) is 0 Å². The van der Waals surface area contributed by atoms with Crippen molar-refractivity contribution in [2.45, 2.75) is 0 Å². The van der Waals surface area contributed by atoms with Crippen LogP contribution in [-0.4, -0.2) is 20.2 Å². The van der Waals surface area contributed by atoms with Gasteiger partial charge in [-0.1, -0.05) is 40.9 Å². The number of rotatable bonds is 2. The van der Waals surface area contributed by atoms with Crippen molar-refractivity contribution in [3.8, 4) is 17.1 Å².